The second kappa shape index (κ2) is 5.87. The van der Waals surface area contributed by atoms with Gasteiger partial charge in [-0.05, 0) is 32.8 Å². The van der Waals surface area contributed by atoms with Gasteiger partial charge in [-0.1, -0.05) is 31.5 Å². The van der Waals surface area contributed by atoms with Crippen LogP contribution in [0.5, 0.6) is 0 Å². The number of thiocarbonyl (C=S) groups is 1. The third-order valence-electron chi connectivity index (χ3n) is 4.06. The lowest BCUT2D eigenvalue weighted by Gasteiger charge is -2.34. The standard InChI is InChI=1S/C15H23N3S/c1-10-9-13(14(15(16)19)11(2)17-10)18(3)12-7-5-4-6-8-12/h9,12H,4-8H2,1-3H3,(H2,16,19). The number of anilines is 1. The van der Waals surface area contributed by atoms with E-state index in [-0.39, 0.29) is 0 Å². The minimum Gasteiger partial charge on any atom is -0.389 e. The molecule has 1 fully saturated rings. The topological polar surface area (TPSA) is 42.1 Å². The van der Waals surface area contributed by atoms with Crippen LogP contribution < -0.4 is 10.6 Å². The zero-order valence-corrected chi connectivity index (χ0v) is 12.9. The second-order valence-electron chi connectivity index (χ2n) is 5.51. The Morgan fingerprint density at radius 2 is 1.95 bits per heavy atom. The molecule has 2 N–H and O–H groups in total. The van der Waals surface area contributed by atoms with Gasteiger partial charge in [0.1, 0.15) is 4.99 Å². The molecule has 1 aliphatic rings. The largest absolute Gasteiger partial charge is 0.389 e. The van der Waals surface area contributed by atoms with Crippen LogP contribution in [0.3, 0.4) is 0 Å². The Balaban J connectivity index is 2.39. The molecule has 0 atom stereocenters. The summed E-state index contributed by atoms with van der Waals surface area (Å²) >= 11 is 5.21. The molecule has 0 unspecified atom stereocenters. The monoisotopic (exact) mass is 277 g/mol. The van der Waals surface area contributed by atoms with Gasteiger partial charge in [0.15, 0.2) is 0 Å². The van der Waals surface area contributed by atoms with Crippen molar-refractivity contribution in [2.45, 2.75) is 52.0 Å². The van der Waals surface area contributed by atoms with Gasteiger partial charge in [0, 0.05) is 24.5 Å². The molecular formula is C15H23N3S. The molecular weight excluding hydrogens is 254 g/mol. The number of aryl methyl sites for hydroxylation is 2. The highest BCUT2D eigenvalue weighted by Crippen LogP contribution is 2.30. The van der Waals surface area contributed by atoms with Crippen molar-refractivity contribution in [1.82, 2.24) is 4.98 Å². The van der Waals surface area contributed by atoms with E-state index in [1.54, 1.807) is 0 Å². The molecule has 1 aromatic rings. The Bertz CT molecular complexity index is 479. The number of nitrogens with zero attached hydrogens (tertiary/aromatic N) is 2. The molecule has 1 heterocycles. The van der Waals surface area contributed by atoms with Crippen LogP contribution in [0.4, 0.5) is 5.69 Å². The first-order valence-corrected chi connectivity index (χ1v) is 7.42. The van der Waals surface area contributed by atoms with Crippen molar-refractivity contribution in [2.75, 3.05) is 11.9 Å². The lowest BCUT2D eigenvalue weighted by Crippen LogP contribution is -2.35. The molecule has 1 aromatic heterocycles. The van der Waals surface area contributed by atoms with E-state index in [1.807, 2.05) is 13.8 Å². The van der Waals surface area contributed by atoms with Gasteiger partial charge in [-0.15, -0.1) is 0 Å². The molecule has 1 aliphatic carbocycles. The van der Waals surface area contributed by atoms with E-state index in [1.165, 1.54) is 32.1 Å². The molecule has 3 nitrogen and oxygen atoms in total. The maximum absolute atomic E-state index is 5.90. The maximum atomic E-state index is 5.90. The fraction of sp³-hybridized carbons (Fsp3) is 0.600. The summed E-state index contributed by atoms with van der Waals surface area (Å²) in [4.78, 5) is 7.29. The third-order valence-corrected chi connectivity index (χ3v) is 4.26. The first-order valence-electron chi connectivity index (χ1n) is 7.01. The molecule has 0 saturated heterocycles. The van der Waals surface area contributed by atoms with E-state index in [0.717, 1.165) is 22.6 Å². The van der Waals surface area contributed by atoms with E-state index in [4.69, 9.17) is 18.0 Å². The van der Waals surface area contributed by atoms with Crippen molar-refractivity contribution in [3.8, 4) is 0 Å². The van der Waals surface area contributed by atoms with Gasteiger partial charge in [-0.25, -0.2) is 0 Å². The number of pyridine rings is 1. The maximum Gasteiger partial charge on any atom is 0.107 e. The van der Waals surface area contributed by atoms with E-state index in [0.29, 0.717) is 11.0 Å². The molecule has 0 spiro atoms. The second-order valence-corrected chi connectivity index (χ2v) is 5.95. The third kappa shape index (κ3) is 3.06. The van der Waals surface area contributed by atoms with E-state index in [9.17, 15) is 0 Å². The summed E-state index contributed by atoms with van der Waals surface area (Å²) in [6.45, 7) is 4.01. The lowest BCUT2D eigenvalue weighted by molar-refractivity contribution is 0.427. The molecule has 4 heteroatoms. The Morgan fingerprint density at radius 3 is 2.53 bits per heavy atom. The van der Waals surface area contributed by atoms with Gasteiger partial charge in [-0.2, -0.15) is 0 Å². The van der Waals surface area contributed by atoms with Crippen LogP contribution in [0.15, 0.2) is 6.07 Å². The molecule has 0 radical (unpaired) electrons. The minimum absolute atomic E-state index is 0.447. The highest BCUT2D eigenvalue weighted by molar-refractivity contribution is 7.80. The highest BCUT2D eigenvalue weighted by atomic mass is 32.1. The van der Waals surface area contributed by atoms with Crippen LogP contribution in [-0.4, -0.2) is 23.1 Å². The average molecular weight is 277 g/mol. The van der Waals surface area contributed by atoms with Gasteiger partial charge in [0.05, 0.1) is 11.3 Å². The molecule has 104 valence electrons. The van der Waals surface area contributed by atoms with Crippen LogP contribution >= 0.6 is 12.2 Å². The van der Waals surface area contributed by atoms with Crippen molar-refractivity contribution in [3.05, 3.63) is 23.0 Å². The highest BCUT2D eigenvalue weighted by Gasteiger charge is 2.22. The predicted molar refractivity (Wildman–Crippen MR) is 84.9 cm³/mol. The van der Waals surface area contributed by atoms with E-state index < -0.39 is 0 Å². The molecule has 19 heavy (non-hydrogen) atoms. The van der Waals surface area contributed by atoms with Crippen molar-refractivity contribution >= 4 is 22.9 Å². The van der Waals surface area contributed by atoms with Gasteiger partial charge >= 0.3 is 0 Å². The fourth-order valence-corrected chi connectivity index (χ4v) is 3.31. The quantitative estimate of drug-likeness (QED) is 0.862. The van der Waals surface area contributed by atoms with Gasteiger partial charge < -0.3 is 10.6 Å². The molecule has 0 amide bonds. The predicted octanol–water partition coefficient (Wildman–Crippen LogP) is 3.10. The summed E-state index contributed by atoms with van der Waals surface area (Å²) in [6, 6.07) is 2.71. The first-order chi connectivity index (χ1) is 9.00. The number of nitrogens with two attached hydrogens (primary N) is 1. The van der Waals surface area contributed by atoms with Crippen molar-refractivity contribution in [2.24, 2.45) is 5.73 Å². The summed E-state index contributed by atoms with van der Waals surface area (Å²) in [6.07, 6.45) is 6.52. The van der Waals surface area contributed by atoms with Crippen LogP contribution in [0.1, 0.15) is 49.1 Å². The number of hydrogen-bond acceptors (Lipinski definition) is 3. The number of hydrogen-bond donors (Lipinski definition) is 1. The van der Waals surface area contributed by atoms with Gasteiger partial charge in [0.2, 0.25) is 0 Å². The Morgan fingerprint density at radius 1 is 1.32 bits per heavy atom. The summed E-state index contributed by atoms with van der Waals surface area (Å²) < 4.78 is 0. The van der Waals surface area contributed by atoms with Crippen LogP contribution in [0, 0.1) is 13.8 Å². The van der Waals surface area contributed by atoms with Crippen LogP contribution in [0.25, 0.3) is 0 Å². The first kappa shape index (κ1) is 14.3. The SMILES string of the molecule is Cc1cc(N(C)C2CCCCC2)c(C(N)=S)c(C)n1. The van der Waals surface area contributed by atoms with E-state index in [2.05, 4.69) is 23.0 Å². The molecule has 2 rings (SSSR count). The number of rotatable bonds is 3. The number of aromatic nitrogens is 1. The normalized spacial score (nSPS) is 16.4. The fourth-order valence-electron chi connectivity index (χ4n) is 3.06. The zero-order valence-electron chi connectivity index (χ0n) is 12.1. The van der Waals surface area contributed by atoms with Crippen molar-refractivity contribution < 1.29 is 0 Å². The lowest BCUT2D eigenvalue weighted by atomic mass is 9.93. The summed E-state index contributed by atoms with van der Waals surface area (Å²) in [5, 5.41) is 0. The smallest absolute Gasteiger partial charge is 0.107 e. The van der Waals surface area contributed by atoms with Crippen molar-refractivity contribution in [1.29, 1.82) is 0 Å². The summed E-state index contributed by atoms with van der Waals surface area (Å²) in [7, 11) is 2.16. The zero-order chi connectivity index (χ0) is 14.0. The Labute approximate surface area is 121 Å². The average Bonchev–Trinajstić information content (AvgIpc) is 2.37. The summed E-state index contributed by atoms with van der Waals surface area (Å²) in [5.41, 5.74) is 9.94. The van der Waals surface area contributed by atoms with Crippen molar-refractivity contribution in [3.63, 3.8) is 0 Å². The Kier molecular flexibility index (Phi) is 4.40. The van der Waals surface area contributed by atoms with Gasteiger partial charge in [-0.3, -0.25) is 4.98 Å². The molecule has 0 aromatic carbocycles. The minimum atomic E-state index is 0.447. The van der Waals surface area contributed by atoms with Crippen LogP contribution in [-0.2, 0) is 0 Å². The summed E-state index contributed by atoms with van der Waals surface area (Å²) in [5.74, 6) is 0. The van der Waals surface area contributed by atoms with Gasteiger partial charge in [0.25, 0.3) is 0 Å². The van der Waals surface area contributed by atoms with Crippen LogP contribution in [0.2, 0.25) is 0 Å². The Hall–Kier alpha value is -1.16. The molecule has 1 saturated carbocycles. The molecule has 0 bridgehead atoms. The van der Waals surface area contributed by atoms with E-state index >= 15 is 0 Å². The molecule has 0 aliphatic heterocycles.